The van der Waals surface area contributed by atoms with E-state index >= 15 is 0 Å². The van der Waals surface area contributed by atoms with Crippen molar-refractivity contribution in [1.29, 1.82) is 5.26 Å². The summed E-state index contributed by atoms with van der Waals surface area (Å²) in [5.74, 6) is 0. The molecule has 1 aromatic heterocycles. The van der Waals surface area contributed by atoms with Gasteiger partial charge in [-0.15, -0.1) is 0 Å². The first-order chi connectivity index (χ1) is 10.2. The fourth-order valence-corrected chi connectivity index (χ4v) is 3.17. The van der Waals surface area contributed by atoms with Gasteiger partial charge in [0.25, 0.3) is 0 Å². The maximum atomic E-state index is 9.86. The van der Waals surface area contributed by atoms with Crippen LogP contribution in [0, 0.1) is 11.3 Å². The Kier molecular flexibility index (Phi) is 3.65. The normalized spacial score (nSPS) is 12.2. The smallest absolute Gasteiger partial charge is 0.171 e. The van der Waals surface area contributed by atoms with E-state index in [0.29, 0.717) is 5.56 Å². The monoisotopic (exact) mass is 295 g/mol. The molecule has 4 nitrogen and oxygen atoms in total. The lowest BCUT2D eigenvalue weighted by Crippen LogP contribution is -1.95. The minimum Gasteiger partial charge on any atom is -0.389 e. The number of aliphatic hydroxyl groups excluding tert-OH is 1. The standard InChI is InChI=1S/C16H13N3OS/c1-10(20)12-7-6-11(9-17)8-15(12)21-16-18-13-4-2-3-5-14(13)19-16/h2-8,10,20H,1H3,(H,18,19)/t10-/m1/s1. The molecule has 0 aliphatic rings. The summed E-state index contributed by atoms with van der Waals surface area (Å²) in [5, 5.41) is 19.6. The van der Waals surface area contributed by atoms with Gasteiger partial charge in [-0.1, -0.05) is 30.0 Å². The van der Waals surface area contributed by atoms with E-state index < -0.39 is 6.10 Å². The van der Waals surface area contributed by atoms with Gasteiger partial charge in [-0.05, 0) is 36.8 Å². The molecular formula is C16H13N3OS. The first-order valence-electron chi connectivity index (χ1n) is 6.52. The number of fused-ring (bicyclic) bond motifs is 1. The number of imidazole rings is 1. The molecule has 21 heavy (non-hydrogen) atoms. The third-order valence-corrected chi connectivity index (χ3v) is 4.13. The molecule has 0 saturated carbocycles. The van der Waals surface area contributed by atoms with Gasteiger partial charge in [-0.25, -0.2) is 4.98 Å². The number of rotatable bonds is 3. The van der Waals surface area contributed by atoms with E-state index in [4.69, 9.17) is 5.26 Å². The quantitative estimate of drug-likeness (QED) is 0.773. The Hall–Kier alpha value is -2.29. The number of aliphatic hydroxyl groups is 1. The zero-order chi connectivity index (χ0) is 14.8. The van der Waals surface area contributed by atoms with Gasteiger partial charge < -0.3 is 10.1 Å². The van der Waals surface area contributed by atoms with Crippen molar-refractivity contribution < 1.29 is 5.11 Å². The van der Waals surface area contributed by atoms with Crippen molar-refractivity contribution in [3.8, 4) is 6.07 Å². The Morgan fingerprint density at radius 1 is 1.29 bits per heavy atom. The summed E-state index contributed by atoms with van der Waals surface area (Å²) >= 11 is 1.42. The lowest BCUT2D eigenvalue weighted by molar-refractivity contribution is 0.196. The third-order valence-electron chi connectivity index (χ3n) is 3.17. The van der Waals surface area contributed by atoms with Crippen molar-refractivity contribution in [3.05, 3.63) is 53.6 Å². The van der Waals surface area contributed by atoms with Crippen LogP contribution in [-0.2, 0) is 0 Å². The lowest BCUT2D eigenvalue weighted by Gasteiger charge is -2.10. The molecule has 0 spiro atoms. The molecular weight excluding hydrogens is 282 g/mol. The predicted octanol–water partition coefficient (Wildman–Crippen LogP) is 3.64. The summed E-state index contributed by atoms with van der Waals surface area (Å²) in [5.41, 5.74) is 3.22. The second-order valence-electron chi connectivity index (χ2n) is 4.70. The molecule has 104 valence electrons. The number of nitrogens with one attached hydrogen (secondary N) is 1. The van der Waals surface area contributed by atoms with Crippen LogP contribution in [0.1, 0.15) is 24.2 Å². The summed E-state index contributed by atoms with van der Waals surface area (Å²) in [6.07, 6.45) is -0.593. The molecule has 0 radical (unpaired) electrons. The van der Waals surface area contributed by atoms with Crippen LogP contribution in [0.25, 0.3) is 11.0 Å². The van der Waals surface area contributed by atoms with Crippen molar-refractivity contribution in [2.75, 3.05) is 0 Å². The number of benzene rings is 2. The Labute approximate surface area is 126 Å². The van der Waals surface area contributed by atoms with Crippen LogP contribution in [-0.4, -0.2) is 15.1 Å². The van der Waals surface area contributed by atoms with Crippen LogP contribution in [0.4, 0.5) is 0 Å². The van der Waals surface area contributed by atoms with E-state index in [1.54, 1.807) is 25.1 Å². The molecule has 1 heterocycles. The summed E-state index contributed by atoms with van der Waals surface area (Å²) < 4.78 is 0. The SMILES string of the molecule is C[C@@H](O)c1ccc(C#N)cc1Sc1nc2ccccc2[nH]1. The lowest BCUT2D eigenvalue weighted by atomic mass is 10.1. The zero-order valence-corrected chi connectivity index (χ0v) is 12.2. The Balaban J connectivity index is 2.01. The number of hydrogen-bond acceptors (Lipinski definition) is 4. The number of H-pyrrole nitrogens is 1. The summed E-state index contributed by atoms with van der Waals surface area (Å²) in [6, 6.07) is 15.2. The minimum absolute atomic E-state index is 0.568. The van der Waals surface area contributed by atoms with Gasteiger partial charge in [0.1, 0.15) is 0 Å². The number of nitriles is 1. The molecule has 0 aliphatic carbocycles. The van der Waals surface area contributed by atoms with Gasteiger partial charge in [0.2, 0.25) is 0 Å². The van der Waals surface area contributed by atoms with Crippen molar-refractivity contribution >= 4 is 22.8 Å². The molecule has 0 bridgehead atoms. The fourth-order valence-electron chi connectivity index (χ4n) is 2.12. The average molecular weight is 295 g/mol. The molecule has 0 amide bonds. The molecule has 2 N–H and O–H groups in total. The van der Waals surface area contributed by atoms with Crippen LogP contribution in [0.5, 0.6) is 0 Å². The molecule has 0 saturated heterocycles. The molecule has 0 aliphatic heterocycles. The highest BCUT2D eigenvalue weighted by molar-refractivity contribution is 7.99. The van der Waals surface area contributed by atoms with E-state index in [2.05, 4.69) is 16.0 Å². The molecule has 3 aromatic rings. The third kappa shape index (κ3) is 2.77. The zero-order valence-electron chi connectivity index (χ0n) is 11.4. The van der Waals surface area contributed by atoms with Gasteiger partial charge in [0.05, 0.1) is 28.8 Å². The molecule has 1 atom stereocenters. The number of aromatic nitrogens is 2. The molecule has 2 aromatic carbocycles. The topological polar surface area (TPSA) is 72.7 Å². The van der Waals surface area contributed by atoms with E-state index in [9.17, 15) is 5.11 Å². The highest BCUT2D eigenvalue weighted by Gasteiger charge is 2.12. The summed E-state index contributed by atoms with van der Waals surface area (Å²) in [7, 11) is 0. The largest absolute Gasteiger partial charge is 0.389 e. The van der Waals surface area contributed by atoms with Gasteiger partial charge in [-0.2, -0.15) is 5.26 Å². The second kappa shape index (κ2) is 5.60. The number of aromatic amines is 1. The average Bonchev–Trinajstić information content (AvgIpc) is 2.89. The maximum absolute atomic E-state index is 9.86. The van der Waals surface area contributed by atoms with Crippen molar-refractivity contribution in [1.82, 2.24) is 9.97 Å². The van der Waals surface area contributed by atoms with E-state index in [-0.39, 0.29) is 0 Å². The predicted molar refractivity (Wildman–Crippen MR) is 82.0 cm³/mol. The Bertz CT molecular complexity index is 800. The van der Waals surface area contributed by atoms with E-state index in [1.165, 1.54) is 11.8 Å². The van der Waals surface area contributed by atoms with Crippen molar-refractivity contribution in [2.24, 2.45) is 0 Å². The summed E-state index contributed by atoms with van der Waals surface area (Å²) in [4.78, 5) is 8.58. The molecule has 5 heteroatoms. The van der Waals surface area contributed by atoms with Crippen molar-refractivity contribution in [3.63, 3.8) is 0 Å². The first kappa shape index (κ1) is 13.7. The number of hydrogen-bond donors (Lipinski definition) is 2. The van der Waals surface area contributed by atoms with Gasteiger partial charge in [0.15, 0.2) is 5.16 Å². The van der Waals surface area contributed by atoms with Crippen LogP contribution in [0.15, 0.2) is 52.5 Å². The highest BCUT2D eigenvalue weighted by atomic mass is 32.2. The first-order valence-corrected chi connectivity index (χ1v) is 7.34. The van der Waals surface area contributed by atoms with Crippen LogP contribution in [0.2, 0.25) is 0 Å². The minimum atomic E-state index is -0.593. The van der Waals surface area contributed by atoms with Gasteiger partial charge in [0, 0.05) is 4.90 Å². The van der Waals surface area contributed by atoms with Gasteiger partial charge >= 0.3 is 0 Å². The maximum Gasteiger partial charge on any atom is 0.171 e. The van der Waals surface area contributed by atoms with Crippen LogP contribution >= 0.6 is 11.8 Å². The highest BCUT2D eigenvalue weighted by Crippen LogP contribution is 2.33. The van der Waals surface area contributed by atoms with Crippen LogP contribution in [0.3, 0.4) is 0 Å². The number of nitrogens with zero attached hydrogens (tertiary/aromatic N) is 2. The molecule has 0 unspecified atom stereocenters. The second-order valence-corrected chi connectivity index (χ2v) is 5.73. The molecule has 0 fully saturated rings. The number of para-hydroxylation sites is 2. The fraction of sp³-hybridized carbons (Fsp3) is 0.125. The van der Waals surface area contributed by atoms with E-state index in [1.807, 2.05) is 24.3 Å². The Morgan fingerprint density at radius 3 is 2.81 bits per heavy atom. The summed E-state index contributed by atoms with van der Waals surface area (Å²) in [6.45, 7) is 1.71. The molecule has 3 rings (SSSR count). The van der Waals surface area contributed by atoms with Gasteiger partial charge in [-0.3, -0.25) is 0 Å². The Morgan fingerprint density at radius 2 is 2.10 bits per heavy atom. The van der Waals surface area contributed by atoms with Crippen molar-refractivity contribution in [2.45, 2.75) is 23.1 Å². The van der Waals surface area contributed by atoms with Crippen LogP contribution < -0.4 is 0 Å². The van der Waals surface area contributed by atoms with E-state index in [0.717, 1.165) is 26.6 Å².